The van der Waals surface area contributed by atoms with Crippen LogP contribution in [0.1, 0.15) is 31.4 Å². The molecule has 0 radical (unpaired) electrons. The molecule has 0 aromatic heterocycles. The summed E-state index contributed by atoms with van der Waals surface area (Å²) in [5.41, 5.74) is 5.41. The van der Waals surface area contributed by atoms with Gasteiger partial charge in [-0.05, 0) is 31.9 Å². The van der Waals surface area contributed by atoms with Gasteiger partial charge >= 0.3 is 0 Å². The Kier molecular flexibility index (Phi) is 4.62. The van der Waals surface area contributed by atoms with Gasteiger partial charge in [0.2, 0.25) is 5.91 Å². The summed E-state index contributed by atoms with van der Waals surface area (Å²) in [7, 11) is 0. The molecule has 1 aromatic carbocycles. The van der Waals surface area contributed by atoms with E-state index in [0.717, 1.165) is 0 Å². The molecule has 0 spiro atoms. The number of benzene rings is 1. The van der Waals surface area contributed by atoms with Crippen molar-refractivity contribution in [2.75, 3.05) is 13.2 Å². The second-order valence-corrected chi connectivity index (χ2v) is 5.51. The third-order valence-electron chi connectivity index (χ3n) is 3.62. The van der Waals surface area contributed by atoms with Gasteiger partial charge in [0.1, 0.15) is 5.82 Å². The number of carbonyl (C=O) groups is 1. The molecule has 2 rings (SSSR count). The maximum absolute atomic E-state index is 13.8. The molecule has 1 saturated heterocycles. The van der Waals surface area contributed by atoms with Gasteiger partial charge in [0.05, 0.1) is 11.6 Å². The van der Waals surface area contributed by atoms with Crippen molar-refractivity contribution >= 4 is 17.5 Å². The number of carbonyl (C=O) groups excluding carboxylic acids is 1. The van der Waals surface area contributed by atoms with E-state index in [0.29, 0.717) is 26.1 Å². The van der Waals surface area contributed by atoms with Gasteiger partial charge in [-0.3, -0.25) is 4.79 Å². The number of hydrogen-bond donors (Lipinski definition) is 2. The molecular formula is C14H18ClFN2O2. The van der Waals surface area contributed by atoms with Crippen molar-refractivity contribution in [3.05, 3.63) is 34.6 Å². The summed E-state index contributed by atoms with van der Waals surface area (Å²) in [6, 6.07) is 3.89. The Hall–Kier alpha value is -1.17. The molecule has 1 heterocycles. The minimum absolute atomic E-state index is 0.276. The van der Waals surface area contributed by atoms with Crippen LogP contribution in [0.3, 0.4) is 0 Å². The first-order chi connectivity index (χ1) is 9.44. The van der Waals surface area contributed by atoms with Crippen molar-refractivity contribution in [3.63, 3.8) is 0 Å². The van der Waals surface area contributed by atoms with Crippen LogP contribution in [-0.4, -0.2) is 24.7 Å². The highest BCUT2D eigenvalue weighted by Gasteiger charge is 2.36. The summed E-state index contributed by atoms with van der Waals surface area (Å²) in [6.45, 7) is 2.60. The largest absolute Gasteiger partial charge is 0.381 e. The van der Waals surface area contributed by atoms with Crippen LogP contribution in [-0.2, 0) is 9.53 Å². The monoisotopic (exact) mass is 300 g/mol. The molecule has 1 fully saturated rings. The second kappa shape index (κ2) is 6.08. The lowest BCUT2D eigenvalue weighted by Crippen LogP contribution is -2.57. The predicted octanol–water partition coefficient (Wildman–Crippen LogP) is 2.16. The highest BCUT2D eigenvalue weighted by atomic mass is 35.5. The zero-order valence-corrected chi connectivity index (χ0v) is 12.0. The summed E-state index contributed by atoms with van der Waals surface area (Å²) in [4.78, 5) is 12.3. The Labute approximate surface area is 122 Å². The SMILES string of the molecule is CC(NC(=O)C1(N)CCOCC1)c1c(F)cccc1Cl. The van der Waals surface area contributed by atoms with Crippen LogP contribution >= 0.6 is 11.6 Å². The van der Waals surface area contributed by atoms with E-state index in [1.807, 2.05) is 0 Å². The number of hydrogen-bond acceptors (Lipinski definition) is 3. The highest BCUT2D eigenvalue weighted by molar-refractivity contribution is 6.31. The molecule has 0 bridgehead atoms. The van der Waals surface area contributed by atoms with Gasteiger partial charge < -0.3 is 15.8 Å². The highest BCUT2D eigenvalue weighted by Crippen LogP contribution is 2.27. The Morgan fingerprint density at radius 2 is 2.15 bits per heavy atom. The zero-order valence-electron chi connectivity index (χ0n) is 11.3. The lowest BCUT2D eigenvalue weighted by Gasteiger charge is -2.33. The van der Waals surface area contributed by atoms with Crippen LogP contribution in [0.5, 0.6) is 0 Å². The van der Waals surface area contributed by atoms with Crippen molar-refractivity contribution in [2.45, 2.75) is 31.3 Å². The van der Waals surface area contributed by atoms with Crippen LogP contribution in [0.2, 0.25) is 5.02 Å². The van der Waals surface area contributed by atoms with Crippen LogP contribution in [0.15, 0.2) is 18.2 Å². The van der Waals surface area contributed by atoms with Crippen LogP contribution < -0.4 is 11.1 Å². The first kappa shape index (κ1) is 15.2. The molecule has 1 amide bonds. The van der Waals surface area contributed by atoms with Gasteiger partial charge in [0, 0.05) is 23.8 Å². The number of nitrogens with one attached hydrogen (secondary N) is 1. The summed E-state index contributed by atoms with van der Waals surface area (Å²) < 4.78 is 19.0. The van der Waals surface area contributed by atoms with Crippen LogP contribution in [0.4, 0.5) is 4.39 Å². The molecule has 0 aliphatic carbocycles. The van der Waals surface area contributed by atoms with Crippen molar-refractivity contribution in [1.82, 2.24) is 5.32 Å². The first-order valence-electron chi connectivity index (χ1n) is 6.55. The van der Waals surface area contributed by atoms with Gasteiger partial charge in [-0.25, -0.2) is 4.39 Å². The van der Waals surface area contributed by atoms with Gasteiger partial charge in [-0.15, -0.1) is 0 Å². The Balaban J connectivity index is 2.11. The van der Waals surface area contributed by atoms with Gasteiger partial charge in [-0.2, -0.15) is 0 Å². The normalized spacial score (nSPS) is 19.4. The quantitative estimate of drug-likeness (QED) is 0.899. The van der Waals surface area contributed by atoms with E-state index >= 15 is 0 Å². The first-order valence-corrected chi connectivity index (χ1v) is 6.93. The van der Waals surface area contributed by atoms with E-state index < -0.39 is 17.4 Å². The predicted molar refractivity (Wildman–Crippen MR) is 74.9 cm³/mol. The average molecular weight is 301 g/mol. The number of nitrogens with two attached hydrogens (primary N) is 1. The summed E-state index contributed by atoms with van der Waals surface area (Å²) in [5.74, 6) is -0.740. The molecular weight excluding hydrogens is 283 g/mol. The maximum atomic E-state index is 13.8. The molecule has 6 heteroatoms. The minimum Gasteiger partial charge on any atom is -0.381 e. The molecule has 0 saturated carbocycles. The molecule has 1 aliphatic heterocycles. The van der Waals surface area contributed by atoms with Crippen molar-refractivity contribution < 1.29 is 13.9 Å². The van der Waals surface area contributed by atoms with Crippen LogP contribution in [0.25, 0.3) is 0 Å². The van der Waals surface area contributed by atoms with E-state index in [-0.39, 0.29) is 16.5 Å². The molecule has 3 N–H and O–H groups in total. The fourth-order valence-electron chi connectivity index (χ4n) is 2.30. The van der Waals surface area contributed by atoms with Crippen molar-refractivity contribution in [3.8, 4) is 0 Å². The van der Waals surface area contributed by atoms with Crippen molar-refractivity contribution in [2.24, 2.45) is 5.73 Å². The van der Waals surface area contributed by atoms with E-state index in [1.54, 1.807) is 13.0 Å². The fourth-order valence-corrected chi connectivity index (χ4v) is 2.63. The number of halogens is 2. The molecule has 1 aliphatic rings. The molecule has 1 unspecified atom stereocenters. The van der Waals surface area contributed by atoms with E-state index in [1.165, 1.54) is 12.1 Å². The van der Waals surface area contributed by atoms with Gasteiger partial charge in [0.25, 0.3) is 0 Å². The smallest absolute Gasteiger partial charge is 0.240 e. The zero-order chi connectivity index (χ0) is 14.8. The number of ether oxygens (including phenoxy) is 1. The van der Waals surface area contributed by atoms with E-state index in [4.69, 9.17) is 22.1 Å². The molecule has 1 atom stereocenters. The molecule has 1 aromatic rings. The Morgan fingerprint density at radius 3 is 2.75 bits per heavy atom. The standard InChI is InChI=1S/C14H18ClFN2O2/c1-9(12-10(15)3-2-4-11(12)16)18-13(19)14(17)5-7-20-8-6-14/h2-4,9H,5-8,17H2,1H3,(H,18,19). The lowest BCUT2D eigenvalue weighted by atomic mass is 9.90. The minimum atomic E-state index is -0.954. The maximum Gasteiger partial charge on any atom is 0.240 e. The van der Waals surface area contributed by atoms with E-state index in [9.17, 15) is 9.18 Å². The molecule has 110 valence electrons. The second-order valence-electron chi connectivity index (χ2n) is 5.10. The third kappa shape index (κ3) is 3.11. The fraction of sp³-hybridized carbons (Fsp3) is 0.500. The summed E-state index contributed by atoms with van der Waals surface area (Å²) in [6.07, 6.45) is 0.910. The van der Waals surface area contributed by atoms with E-state index in [2.05, 4.69) is 5.32 Å². The Bertz CT molecular complexity index is 484. The van der Waals surface area contributed by atoms with Crippen LogP contribution in [0, 0.1) is 5.82 Å². The number of rotatable bonds is 3. The topological polar surface area (TPSA) is 64.4 Å². The molecule has 20 heavy (non-hydrogen) atoms. The number of amides is 1. The average Bonchev–Trinajstić information content (AvgIpc) is 2.39. The third-order valence-corrected chi connectivity index (χ3v) is 3.95. The summed E-state index contributed by atoms with van der Waals surface area (Å²) in [5, 5.41) is 3.03. The van der Waals surface area contributed by atoms with Crippen molar-refractivity contribution in [1.29, 1.82) is 0 Å². The summed E-state index contributed by atoms with van der Waals surface area (Å²) >= 11 is 5.99. The van der Waals surface area contributed by atoms with Gasteiger partial charge in [-0.1, -0.05) is 17.7 Å². The lowest BCUT2D eigenvalue weighted by molar-refractivity contribution is -0.130. The Morgan fingerprint density at radius 1 is 1.50 bits per heavy atom. The molecule has 4 nitrogen and oxygen atoms in total. The van der Waals surface area contributed by atoms with Gasteiger partial charge in [0.15, 0.2) is 0 Å².